The number of hydrogen-bond donors (Lipinski definition) is 0. The molecule has 112 valence electrons. The quantitative estimate of drug-likeness (QED) is 0.857. The smallest absolute Gasteiger partial charge is 0.365 e. The van der Waals surface area contributed by atoms with Gasteiger partial charge < -0.3 is 14.2 Å². The summed E-state index contributed by atoms with van der Waals surface area (Å²) in [7, 11) is 0. The monoisotopic (exact) mass is 312 g/mol. The van der Waals surface area contributed by atoms with Gasteiger partial charge in [0.25, 0.3) is 0 Å². The van der Waals surface area contributed by atoms with Crippen molar-refractivity contribution in [3.63, 3.8) is 0 Å². The van der Waals surface area contributed by atoms with Crippen molar-refractivity contribution < 1.29 is 27.2 Å². The molecule has 20 heavy (non-hydrogen) atoms. The first-order valence-corrected chi connectivity index (χ1v) is 6.31. The van der Waals surface area contributed by atoms with Gasteiger partial charge in [0, 0.05) is 25.5 Å². The molecule has 1 saturated heterocycles. The molecule has 1 aromatic rings. The molecule has 1 amide bonds. The maximum absolute atomic E-state index is 12.5. The van der Waals surface area contributed by atoms with Crippen LogP contribution >= 0.6 is 11.6 Å². The van der Waals surface area contributed by atoms with E-state index in [-0.39, 0.29) is 37.1 Å². The van der Waals surface area contributed by atoms with E-state index in [9.17, 15) is 18.0 Å². The number of hydrogen-bond acceptors (Lipinski definition) is 4. The highest BCUT2D eigenvalue weighted by atomic mass is 35.5. The van der Waals surface area contributed by atoms with E-state index >= 15 is 0 Å². The minimum Gasteiger partial charge on any atom is -0.365 e. The molecule has 0 unspecified atom stereocenters. The van der Waals surface area contributed by atoms with Crippen LogP contribution in [0.2, 0.25) is 5.15 Å². The molecule has 0 spiro atoms. The molecule has 0 N–H and O–H groups in total. The van der Waals surface area contributed by atoms with Crippen molar-refractivity contribution in [1.82, 2.24) is 10.1 Å². The van der Waals surface area contributed by atoms with Crippen molar-refractivity contribution >= 4 is 17.5 Å². The minimum absolute atomic E-state index is 0.0378. The zero-order valence-electron chi connectivity index (χ0n) is 10.3. The highest BCUT2D eigenvalue weighted by Gasteiger charge is 2.44. The summed E-state index contributed by atoms with van der Waals surface area (Å²) in [5, 5.41) is 3.63. The third-order valence-corrected chi connectivity index (χ3v) is 3.08. The van der Waals surface area contributed by atoms with Crippen LogP contribution in [0.1, 0.15) is 12.2 Å². The number of nitrogens with zero attached hydrogens (tertiary/aromatic N) is 2. The van der Waals surface area contributed by atoms with Crippen LogP contribution in [0.4, 0.5) is 13.2 Å². The summed E-state index contributed by atoms with van der Waals surface area (Å²) in [5.74, 6) is 0.0408. The Bertz CT molecular complexity index is 478. The first-order valence-electron chi connectivity index (χ1n) is 5.93. The van der Waals surface area contributed by atoms with E-state index in [4.69, 9.17) is 16.1 Å². The molecule has 2 rings (SSSR count). The van der Waals surface area contributed by atoms with E-state index in [0.29, 0.717) is 5.76 Å². The third-order valence-electron chi connectivity index (χ3n) is 2.90. The van der Waals surface area contributed by atoms with E-state index in [1.165, 1.54) is 6.07 Å². The highest BCUT2D eigenvalue weighted by Crippen LogP contribution is 2.26. The van der Waals surface area contributed by atoms with E-state index < -0.39 is 18.8 Å². The number of aryl methyl sites for hydroxylation is 1. The summed E-state index contributed by atoms with van der Waals surface area (Å²) in [5.41, 5.74) is 0. The molecular formula is C11H12ClF3N2O3. The molecule has 0 aliphatic carbocycles. The van der Waals surface area contributed by atoms with Crippen molar-refractivity contribution in [2.45, 2.75) is 25.1 Å². The molecule has 0 bridgehead atoms. The van der Waals surface area contributed by atoms with Crippen LogP contribution in [0.25, 0.3) is 0 Å². The Hall–Kier alpha value is -1.28. The molecule has 0 saturated carbocycles. The lowest BCUT2D eigenvalue weighted by atomic mass is 10.2. The summed E-state index contributed by atoms with van der Waals surface area (Å²) in [4.78, 5) is 13.0. The number of aromatic nitrogens is 1. The summed E-state index contributed by atoms with van der Waals surface area (Å²) in [6, 6.07) is 1.46. The molecule has 1 fully saturated rings. The van der Waals surface area contributed by atoms with Gasteiger partial charge in [0.15, 0.2) is 11.3 Å². The second-order valence-electron chi connectivity index (χ2n) is 4.36. The molecule has 1 atom stereocenters. The fourth-order valence-corrected chi connectivity index (χ4v) is 2.02. The highest BCUT2D eigenvalue weighted by molar-refractivity contribution is 6.29. The Kier molecular flexibility index (Phi) is 4.54. The van der Waals surface area contributed by atoms with Crippen LogP contribution in [-0.2, 0) is 16.0 Å². The summed E-state index contributed by atoms with van der Waals surface area (Å²) >= 11 is 5.55. The molecule has 1 aliphatic heterocycles. The van der Waals surface area contributed by atoms with E-state index in [0.717, 1.165) is 4.90 Å². The molecule has 9 heteroatoms. The second-order valence-corrected chi connectivity index (χ2v) is 4.74. The molecule has 2 heterocycles. The number of alkyl halides is 3. The molecule has 0 radical (unpaired) electrons. The fraction of sp³-hybridized carbons (Fsp3) is 0.636. The van der Waals surface area contributed by atoms with Gasteiger partial charge in [-0.05, 0) is 0 Å². The van der Waals surface area contributed by atoms with Crippen LogP contribution in [0.15, 0.2) is 10.6 Å². The predicted molar refractivity (Wildman–Crippen MR) is 62.2 cm³/mol. The summed E-state index contributed by atoms with van der Waals surface area (Å²) in [6.45, 7) is -0.438. The second kappa shape index (κ2) is 6.01. The summed E-state index contributed by atoms with van der Waals surface area (Å²) < 4.78 is 47.0. The fourth-order valence-electron chi connectivity index (χ4n) is 1.87. The van der Waals surface area contributed by atoms with E-state index in [1.807, 2.05) is 0 Å². The molecule has 1 aromatic heterocycles. The molecule has 1 aliphatic rings. The lowest BCUT2D eigenvalue weighted by Crippen LogP contribution is -2.51. The summed E-state index contributed by atoms with van der Waals surface area (Å²) in [6.07, 6.45) is -6.10. The average Bonchev–Trinajstić information content (AvgIpc) is 2.81. The normalized spacial score (nSPS) is 20.2. The number of carbonyl (C=O) groups is 1. The zero-order chi connectivity index (χ0) is 14.8. The van der Waals surface area contributed by atoms with Crippen LogP contribution in [0.3, 0.4) is 0 Å². The first kappa shape index (κ1) is 15.1. The number of morpholine rings is 1. The number of amides is 1. The zero-order valence-corrected chi connectivity index (χ0v) is 11.1. The van der Waals surface area contributed by atoms with Crippen molar-refractivity contribution in [3.8, 4) is 0 Å². The Morgan fingerprint density at radius 3 is 2.90 bits per heavy atom. The number of ether oxygens (including phenoxy) is 1. The van der Waals surface area contributed by atoms with Crippen LogP contribution in [-0.4, -0.2) is 47.9 Å². The van der Waals surface area contributed by atoms with Gasteiger partial charge in [0.2, 0.25) is 5.91 Å². The number of rotatable bonds is 3. The number of carbonyl (C=O) groups excluding carboxylic acids is 1. The van der Waals surface area contributed by atoms with Crippen LogP contribution in [0.5, 0.6) is 0 Å². The third kappa shape index (κ3) is 3.86. The maximum Gasteiger partial charge on any atom is 0.416 e. The van der Waals surface area contributed by atoms with Crippen molar-refractivity contribution in [2.24, 2.45) is 0 Å². The Morgan fingerprint density at radius 2 is 2.30 bits per heavy atom. The predicted octanol–water partition coefficient (Wildman–Crippen LogP) is 2.05. The Balaban J connectivity index is 1.86. The molecular weight excluding hydrogens is 301 g/mol. The minimum atomic E-state index is -4.46. The van der Waals surface area contributed by atoms with E-state index in [2.05, 4.69) is 9.89 Å². The average molecular weight is 313 g/mol. The van der Waals surface area contributed by atoms with Crippen LogP contribution in [0, 0.1) is 0 Å². The standard InChI is InChI=1S/C11H12ClF3N2O3/c12-9-5-7(20-16-9)1-2-10(18)17-3-4-19-8(6-17)11(13,14)15/h5,8H,1-4,6H2/t8-/m1/s1. The van der Waals surface area contributed by atoms with Gasteiger partial charge in [-0.25, -0.2) is 0 Å². The lowest BCUT2D eigenvalue weighted by molar-refractivity contribution is -0.236. The van der Waals surface area contributed by atoms with Crippen molar-refractivity contribution in [3.05, 3.63) is 17.0 Å². The number of halogens is 4. The Morgan fingerprint density at radius 1 is 1.55 bits per heavy atom. The van der Waals surface area contributed by atoms with Gasteiger partial charge in [0.05, 0.1) is 13.2 Å². The van der Waals surface area contributed by atoms with Gasteiger partial charge in [0.1, 0.15) is 5.76 Å². The van der Waals surface area contributed by atoms with Gasteiger partial charge in [-0.15, -0.1) is 0 Å². The SMILES string of the molecule is O=C(CCc1cc(Cl)no1)N1CCO[C@@H](C(F)(F)F)C1. The van der Waals surface area contributed by atoms with Gasteiger partial charge >= 0.3 is 6.18 Å². The van der Waals surface area contributed by atoms with Gasteiger partial charge in [-0.2, -0.15) is 13.2 Å². The van der Waals surface area contributed by atoms with Crippen LogP contribution < -0.4 is 0 Å². The maximum atomic E-state index is 12.5. The largest absolute Gasteiger partial charge is 0.416 e. The molecule has 0 aromatic carbocycles. The van der Waals surface area contributed by atoms with Gasteiger partial charge in [-0.1, -0.05) is 16.8 Å². The first-order chi connectivity index (χ1) is 9.36. The lowest BCUT2D eigenvalue weighted by Gasteiger charge is -2.33. The van der Waals surface area contributed by atoms with E-state index in [1.54, 1.807) is 0 Å². The van der Waals surface area contributed by atoms with Crippen molar-refractivity contribution in [1.29, 1.82) is 0 Å². The Labute approximate surface area is 117 Å². The van der Waals surface area contributed by atoms with Crippen molar-refractivity contribution in [2.75, 3.05) is 19.7 Å². The van der Waals surface area contributed by atoms with Gasteiger partial charge in [-0.3, -0.25) is 4.79 Å². The molecule has 5 nitrogen and oxygen atoms in total. The topological polar surface area (TPSA) is 55.6 Å².